The fourth-order valence-electron chi connectivity index (χ4n) is 6.12. The molecule has 0 bridgehead atoms. The van der Waals surface area contributed by atoms with Crippen LogP contribution in [0.4, 0.5) is 0 Å². The summed E-state index contributed by atoms with van der Waals surface area (Å²) >= 11 is 0. The highest BCUT2D eigenvalue weighted by atomic mass is 16.8. The highest BCUT2D eigenvalue weighted by molar-refractivity contribution is 5.85. The molecule has 0 saturated carbocycles. The Morgan fingerprint density at radius 3 is 2.43 bits per heavy atom. The Kier molecular flexibility index (Phi) is 12.6. The molecule has 3 aromatic rings. The van der Waals surface area contributed by atoms with Crippen molar-refractivity contribution in [3.8, 4) is 0 Å². The van der Waals surface area contributed by atoms with Crippen LogP contribution in [0.1, 0.15) is 56.1 Å². The van der Waals surface area contributed by atoms with E-state index in [0.29, 0.717) is 32.7 Å². The van der Waals surface area contributed by atoms with Gasteiger partial charge >= 0.3 is 0 Å². The minimum atomic E-state index is -0.333. The summed E-state index contributed by atoms with van der Waals surface area (Å²) in [5.74, 6) is 0.0786. The summed E-state index contributed by atoms with van der Waals surface area (Å²) in [6, 6.07) is 25.5. The first-order chi connectivity index (χ1) is 21.6. The summed E-state index contributed by atoms with van der Waals surface area (Å²) in [6.45, 7) is 7.23. The maximum Gasteiger partial charge on any atom is 0.243 e. The van der Waals surface area contributed by atoms with Crippen molar-refractivity contribution < 1.29 is 19.2 Å². The average Bonchev–Trinajstić information content (AvgIpc) is 3.07. The summed E-state index contributed by atoms with van der Waals surface area (Å²) in [6.07, 6.45) is 6.31. The third-order valence-electron chi connectivity index (χ3n) is 8.73. The standard InChI is InChI=1S/C36H48N4O4/c41-34(37-44-36-19-8-10-27-43-36)18-5-2-9-21-40(22-20-32-16-11-15-31-14-6-7-17-33(31)32)35(42)29-39-25-23-38(24-26-39)28-30-12-3-1-4-13-30/h1,3-4,6-7,11-17,36H,2,5,8-10,18-29H2,(H,37,41). The van der Waals surface area contributed by atoms with Crippen molar-refractivity contribution >= 4 is 22.6 Å². The molecule has 3 aromatic carbocycles. The largest absolute Gasteiger partial charge is 0.350 e. The summed E-state index contributed by atoms with van der Waals surface area (Å²) in [5.41, 5.74) is 5.15. The summed E-state index contributed by atoms with van der Waals surface area (Å²) in [7, 11) is 0. The zero-order valence-electron chi connectivity index (χ0n) is 26.0. The normalized spacial score (nSPS) is 17.9. The molecule has 0 spiro atoms. The molecule has 236 valence electrons. The number of amides is 2. The van der Waals surface area contributed by atoms with E-state index in [2.05, 4.69) is 88.1 Å². The van der Waals surface area contributed by atoms with E-state index in [4.69, 9.17) is 9.57 Å². The minimum absolute atomic E-state index is 0.116. The van der Waals surface area contributed by atoms with Gasteiger partial charge in [0.25, 0.3) is 0 Å². The number of carbonyl (C=O) groups is 2. The smallest absolute Gasteiger partial charge is 0.243 e. The molecule has 8 nitrogen and oxygen atoms in total. The van der Waals surface area contributed by atoms with E-state index < -0.39 is 0 Å². The predicted molar refractivity (Wildman–Crippen MR) is 174 cm³/mol. The van der Waals surface area contributed by atoms with Crippen LogP contribution in [0.15, 0.2) is 72.8 Å². The molecule has 8 heteroatoms. The molecule has 2 aliphatic rings. The van der Waals surface area contributed by atoms with E-state index in [-0.39, 0.29) is 18.1 Å². The quantitative estimate of drug-likeness (QED) is 0.192. The summed E-state index contributed by atoms with van der Waals surface area (Å²) < 4.78 is 5.50. The second-order valence-electron chi connectivity index (χ2n) is 12.1. The van der Waals surface area contributed by atoms with Crippen molar-refractivity contribution in [3.63, 3.8) is 0 Å². The van der Waals surface area contributed by atoms with Crippen LogP contribution in [0.5, 0.6) is 0 Å². The molecule has 2 heterocycles. The van der Waals surface area contributed by atoms with Gasteiger partial charge in [-0.2, -0.15) is 0 Å². The fourth-order valence-corrected chi connectivity index (χ4v) is 6.12. The van der Waals surface area contributed by atoms with Gasteiger partial charge in [-0.3, -0.25) is 19.4 Å². The van der Waals surface area contributed by atoms with E-state index in [9.17, 15) is 9.59 Å². The SMILES string of the molecule is O=C(CCCCCN(CCc1cccc2ccccc12)C(=O)CN1CCN(Cc2ccccc2)CC1)NOC1CCCCO1. The Bertz CT molecular complexity index is 1300. The van der Waals surface area contributed by atoms with Crippen molar-refractivity contribution in [2.75, 3.05) is 52.4 Å². The Hall–Kier alpha value is -3.30. The molecule has 0 aromatic heterocycles. The van der Waals surface area contributed by atoms with Gasteiger partial charge in [0.1, 0.15) is 0 Å². The second kappa shape index (κ2) is 17.3. The van der Waals surface area contributed by atoms with E-state index in [0.717, 1.165) is 77.7 Å². The van der Waals surface area contributed by atoms with Gasteiger partial charge in [-0.15, -0.1) is 0 Å². The molecule has 1 atom stereocenters. The lowest BCUT2D eigenvalue weighted by molar-refractivity contribution is -0.200. The topological polar surface area (TPSA) is 74.4 Å². The zero-order valence-corrected chi connectivity index (χ0v) is 26.0. The number of hydroxylamine groups is 1. The minimum Gasteiger partial charge on any atom is -0.350 e. The Morgan fingerprint density at radius 1 is 0.841 bits per heavy atom. The number of fused-ring (bicyclic) bond motifs is 1. The summed E-state index contributed by atoms with van der Waals surface area (Å²) in [4.78, 5) is 38.1. The van der Waals surface area contributed by atoms with Gasteiger partial charge in [0.15, 0.2) is 6.29 Å². The van der Waals surface area contributed by atoms with Crippen LogP contribution in [0.25, 0.3) is 10.8 Å². The third-order valence-corrected chi connectivity index (χ3v) is 8.73. The van der Waals surface area contributed by atoms with E-state index in [1.807, 2.05) is 4.90 Å². The number of hydrogen-bond acceptors (Lipinski definition) is 6. The Labute approximate surface area is 262 Å². The second-order valence-corrected chi connectivity index (χ2v) is 12.1. The molecule has 5 rings (SSSR count). The highest BCUT2D eigenvalue weighted by Gasteiger charge is 2.22. The van der Waals surface area contributed by atoms with Gasteiger partial charge in [-0.1, -0.05) is 79.2 Å². The van der Waals surface area contributed by atoms with Gasteiger partial charge < -0.3 is 9.64 Å². The number of nitrogens with one attached hydrogen (secondary N) is 1. The van der Waals surface area contributed by atoms with Crippen molar-refractivity contribution in [1.82, 2.24) is 20.2 Å². The average molecular weight is 601 g/mol. The zero-order chi connectivity index (χ0) is 30.4. The molecule has 1 unspecified atom stereocenters. The van der Waals surface area contributed by atoms with E-state index >= 15 is 0 Å². The predicted octanol–water partition coefficient (Wildman–Crippen LogP) is 5.16. The number of ether oxygens (including phenoxy) is 1. The van der Waals surface area contributed by atoms with Crippen molar-refractivity contribution in [3.05, 3.63) is 83.9 Å². The number of unbranched alkanes of at least 4 members (excludes halogenated alkanes) is 2. The first kappa shape index (κ1) is 32.1. The Morgan fingerprint density at radius 2 is 1.61 bits per heavy atom. The molecule has 1 N–H and O–H groups in total. The molecular formula is C36H48N4O4. The molecule has 0 radical (unpaired) electrons. The first-order valence-corrected chi connectivity index (χ1v) is 16.4. The van der Waals surface area contributed by atoms with Crippen LogP contribution >= 0.6 is 0 Å². The monoisotopic (exact) mass is 600 g/mol. The van der Waals surface area contributed by atoms with Crippen LogP contribution in [0.3, 0.4) is 0 Å². The van der Waals surface area contributed by atoms with Crippen LogP contribution in [0, 0.1) is 0 Å². The lowest BCUT2D eigenvalue weighted by Crippen LogP contribution is -2.50. The number of nitrogens with zero attached hydrogens (tertiary/aromatic N) is 3. The molecule has 2 amide bonds. The first-order valence-electron chi connectivity index (χ1n) is 16.4. The van der Waals surface area contributed by atoms with Crippen LogP contribution < -0.4 is 5.48 Å². The van der Waals surface area contributed by atoms with Gasteiger partial charge in [0.2, 0.25) is 11.8 Å². The van der Waals surface area contributed by atoms with E-state index in [1.165, 1.54) is 21.9 Å². The molecule has 44 heavy (non-hydrogen) atoms. The van der Waals surface area contributed by atoms with E-state index in [1.54, 1.807) is 0 Å². The van der Waals surface area contributed by atoms with Gasteiger partial charge in [-0.05, 0) is 54.0 Å². The van der Waals surface area contributed by atoms with Gasteiger partial charge in [0.05, 0.1) is 6.54 Å². The maximum absolute atomic E-state index is 13.7. The summed E-state index contributed by atoms with van der Waals surface area (Å²) in [5, 5.41) is 2.48. The van der Waals surface area contributed by atoms with Crippen LogP contribution in [0.2, 0.25) is 0 Å². The lowest BCUT2D eigenvalue weighted by atomic mass is 10.0. The number of piperazine rings is 1. The van der Waals surface area contributed by atoms with Crippen LogP contribution in [-0.2, 0) is 32.1 Å². The van der Waals surface area contributed by atoms with Crippen molar-refractivity contribution in [2.45, 2.75) is 64.2 Å². The van der Waals surface area contributed by atoms with Gasteiger partial charge in [0, 0.05) is 65.3 Å². The molecule has 2 saturated heterocycles. The molecule has 2 aliphatic heterocycles. The highest BCUT2D eigenvalue weighted by Crippen LogP contribution is 2.20. The van der Waals surface area contributed by atoms with Crippen LogP contribution in [-0.4, -0.2) is 85.2 Å². The van der Waals surface area contributed by atoms with Crippen molar-refractivity contribution in [2.24, 2.45) is 0 Å². The lowest BCUT2D eigenvalue weighted by Gasteiger charge is -2.35. The maximum atomic E-state index is 13.7. The number of rotatable bonds is 15. The van der Waals surface area contributed by atoms with Gasteiger partial charge in [-0.25, -0.2) is 10.3 Å². The number of hydrogen-bond donors (Lipinski definition) is 1. The molecule has 2 fully saturated rings. The molecule has 0 aliphatic carbocycles. The Balaban J connectivity index is 1.09. The fraction of sp³-hybridized carbons (Fsp3) is 0.500. The number of benzene rings is 3. The van der Waals surface area contributed by atoms with Crippen molar-refractivity contribution in [1.29, 1.82) is 0 Å². The number of carbonyl (C=O) groups excluding carboxylic acids is 2. The molecular weight excluding hydrogens is 552 g/mol. The third kappa shape index (κ3) is 10.1.